The third-order valence-electron chi connectivity index (χ3n) is 3.96. The Morgan fingerprint density at radius 3 is 3.00 bits per heavy atom. The highest BCUT2D eigenvalue weighted by molar-refractivity contribution is 6.33. The lowest BCUT2D eigenvalue weighted by Crippen LogP contribution is -2.28. The van der Waals surface area contributed by atoms with Gasteiger partial charge in [0.2, 0.25) is 0 Å². The van der Waals surface area contributed by atoms with Crippen LogP contribution < -0.4 is 10.9 Å². The van der Waals surface area contributed by atoms with Gasteiger partial charge in [-0.3, -0.25) is 9.20 Å². The van der Waals surface area contributed by atoms with E-state index in [1.165, 1.54) is 17.2 Å². The fraction of sp³-hybridized carbons (Fsp3) is 0.467. The second kappa shape index (κ2) is 5.94. The van der Waals surface area contributed by atoms with E-state index in [2.05, 4.69) is 10.3 Å². The minimum atomic E-state index is -0.0576. The summed E-state index contributed by atoms with van der Waals surface area (Å²) in [6.45, 7) is 2.20. The zero-order valence-electron chi connectivity index (χ0n) is 11.3. The Morgan fingerprint density at radius 2 is 2.20 bits per heavy atom. The Kier molecular flexibility index (Phi) is 4.03. The third-order valence-corrected chi connectivity index (χ3v) is 4.26. The summed E-state index contributed by atoms with van der Waals surface area (Å²) >= 11 is 6.12. The number of hydrogen-bond acceptors (Lipinski definition) is 3. The van der Waals surface area contributed by atoms with Crippen molar-refractivity contribution >= 4 is 17.2 Å². The van der Waals surface area contributed by atoms with Gasteiger partial charge in [0, 0.05) is 18.0 Å². The van der Waals surface area contributed by atoms with Crippen LogP contribution >= 0.6 is 11.6 Å². The monoisotopic (exact) mass is 291 g/mol. The van der Waals surface area contributed by atoms with Crippen LogP contribution in [0.5, 0.6) is 0 Å². The highest BCUT2D eigenvalue weighted by atomic mass is 35.5. The van der Waals surface area contributed by atoms with Gasteiger partial charge in [-0.1, -0.05) is 11.6 Å². The van der Waals surface area contributed by atoms with Gasteiger partial charge in [0.15, 0.2) is 5.65 Å². The number of halogens is 1. The fourth-order valence-corrected chi connectivity index (χ4v) is 3.00. The van der Waals surface area contributed by atoms with Gasteiger partial charge in [0.05, 0.1) is 5.02 Å². The molecular formula is C15H18ClN3O. The van der Waals surface area contributed by atoms with E-state index in [1.54, 1.807) is 24.4 Å². The molecular weight excluding hydrogens is 274 g/mol. The first-order valence-electron chi connectivity index (χ1n) is 7.11. The number of rotatable bonds is 3. The molecule has 0 aliphatic carbocycles. The number of nitrogens with zero attached hydrogens (tertiary/aromatic N) is 2. The summed E-state index contributed by atoms with van der Waals surface area (Å²) < 4.78 is 1.50. The topological polar surface area (TPSA) is 46.4 Å². The van der Waals surface area contributed by atoms with Crippen LogP contribution in [-0.4, -0.2) is 22.5 Å². The lowest BCUT2D eigenvalue weighted by Gasteiger charge is -2.22. The average Bonchev–Trinajstić information content (AvgIpc) is 2.47. The minimum Gasteiger partial charge on any atom is -0.317 e. The van der Waals surface area contributed by atoms with Crippen LogP contribution in [-0.2, 0) is 6.42 Å². The summed E-state index contributed by atoms with van der Waals surface area (Å²) in [5, 5.41) is 3.89. The molecule has 0 unspecified atom stereocenters. The normalized spacial score (nSPS) is 16.6. The van der Waals surface area contributed by atoms with Crippen LogP contribution in [0.4, 0.5) is 0 Å². The Bertz CT molecular complexity index is 662. The molecule has 5 heteroatoms. The van der Waals surface area contributed by atoms with Crippen LogP contribution in [0.1, 0.15) is 25.0 Å². The molecule has 0 aromatic carbocycles. The lowest BCUT2D eigenvalue weighted by molar-refractivity contribution is 0.353. The molecule has 3 heterocycles. The molecule has 0 atom stereocenters. The molecule has 0 saturated carbocycles. The molecule has 0 radical (unpaired) electrons. The van der Waals surface area contributed by atoms with Gasteiger partial charge in [-0.25, -0.2) is 4.98 Å². The standard InChI is InChI=1S/C15H18ClN3O/c16-13-2-1-9-19-14(20)10-12(18-15(13)19)4-3-11-5-7-17-8-6-11/h1-2,9-11,17H,3-8H2. The van der Waals surface area contributed by atoms with Gasteiger partial charge in [0.1, 0.15) is 0 Å². The predicted octanol–water partition coefficient (Wildman–Crippen LogP) is 2.28. The molecule has 20 heavy (non-hydrogen) atoms. The maximum atomic E-state index is 12.1. The van der Waals surface area contributed by atoms with Crippen LogP contribution in [0.25, 0.3) is 5.65 Å². The van der Waals surface area contributed by atoms with Gasteiger partial charge in [0.25, 0.3) is 5.56 Å². The van der Waals surface area contributed by atoms with Crippen molar-refractivity contribution in [3.8, 4) is 0 Å². The molecule has 0 amide bonds. The van der Waals surface area contributed by atoms with Crippen LogP contribution in [0, 0.1) is 5.92 Å². The Hall–Kier alpha value is -1.39. The first-order chi connectivity index (χ1) is 9.74. The number of fused-ring (bicyclic) bond motifs is 1. The van der Waals surface area contributed by atoms with Crippen molar-refractivity contribution in [2.75, 3.05) is 13.1 Å². The van der Waals surface area contributed by atoms with E-state index in [0.717, 1.165) is 37.5 Å². The summed E-state index contributed by atoms with van der Waals surface area (Å²) in [5.41, 5.74) is 1.35. The Balaban J connectivity index is 1.81. The van der Waals surface area contributed by atoms with Gasteiger partial charge < -0.3 is 5.32 Å². The number of aryl methyl sites for hydroxylation is 1. The zero-order chi connectivity index (χ0) is 13.9. The van der Waals surface area contributed by atoms with Crippen LogP contribution in [0.3, 0.4) is 0 Å². The summed E-state index contributed by atoms with van der Waals surface area (Å²) in [4.78, 5) is 16.6. The van der Waals surface area contributed by atoms with Crippen molar-refractivity contribution in [1.29, 1.82) is 0 Å². The zero-order valence-corrected chi connectivity index (χ0v) is 12.1. The van der Waals surface area contributed by atoms with E-state index in [1.807, 2.05) is 0 Å². The SMILES string of the molecule is O=c1cc(CCC2CCNCC2)nc2c(Cl)cccn12. The van der Waals surface area contributed by atoms with E-state index in [4.69, 9.17) is 11.6 Å². The number of aromatic nitrogens is 2. The maximum absolute atomic E-state index is 12.1. The summed E-state index contributed by atoms with van der Waals surface area (Å²) in [5.74, 6) is 0.739. The van der Waals surface area contributed by atoms with Crippen molar-refractivity contribution < 1.29 is 0 Å². The number of nitrogens with one attached hydrogen (secondary N) is 1. The quantitative estimate of drug-likeness (QED) is 0.944. The van der Waals surface area contributed by atoms with E-state index in [-0.39, 0.29) is 5.56 Å². The molecule has 1 aliphatic rings. The second-order valence-corrected chi connectivity index (χ2v) is 5.77. The van der Waals surface area contributed by atoms with Crippen molar-refractivity contribution in [2.24, 2.45) is 5.92 Å². The van der Waals surface area contributed by atoms with Gasteiger partial charge in [-0.2, -0.15) is 0 Å². The largest absolute Gasteiger partial charge is 0.317 e. The number of hydrogen-bond donors (Lipinski definition) is 1. The van der Waals surface area contributed by atoms with Gasteiger partial charge in [-0.15, -0.1) is 0 Å². The Morgan fingerprint density at radius 1 is 1.40 bits per heavy atom. The van der Waals surface area contributed by atoms with Crippen molar-refractivity contribution in [2.45, 2.75) is 25.7 Å². The second-order valence-electron chi connectivity index (χ2n) is 5.37. The molecule has 0 spiro atoms. The predicted molar refractivity (Wildman–Crippen MR) is 80.4 cm³/mol. The molecule has 1 saturated heterocycles. The molecule has 1 fully saturated rings. The van der Waals surface area contributed by atoms with E-state index >= 15 is 0 Å². The molecule has 2 aromatic heterocycles. The van der Waals surface area contributed by atoms with Crippen LogP contribution in [0.2, 0.25) is 5.02 Å². The molecule has 1 aliphatic heterocycles. The van der Waals surface area contributed by atoms with Crippen molar-refractivity contribution in [3.63, 3.8) is 0 Å². The molecule has 1 N–H and O–H groups in total. The Labute approximate surface area is 122 Å². The first kappa shape index (κ1) is 13.6. The number of pyridine rings is 1. The molecule has 106 valence electrons. The fourth-order valence-electron chi connectivity index (χ4n) is 2.79. The first-order valence-corrected chi connectivity index (χ1v) is 7.49. The molecule has 0 bridgehead atoms. The maximum Gasteiger partial charge on any atom is 0.258 e. The van der Waals surface area contributed by atoms with Gasteiger partial charge >= 0.3 is 0 Å². The number of piperidine rings is 1. The molecule has 3 rings (SSSR count). The summed E-state index contributed by atoms with van der Waals surface area (Å²) in [7, 11) is 0. The molecule has 2 aromatic rings. The highest BCUT2D eigenvalue weighted by Gasteiger charge is 2.13. The van der Waals surface area contributed by atoms with E-state index < -0.39 is 0 Å². The summed E-state index contributed by atoms with van der Waals surface area (Å²) in [6.07, 6.45) is 6.07. The average molecular weight is 292 g/mol. The van der Waals surface area contributed by atoms with Crippen molar-refractivity contribution in [1.82, 2.24) is 14.7 Å². The summed E-state index contributed by atoms with van der Waals surface area (Å²) in [6, 6.07) is 5.15. The van der Waals surface area contributed by atoms with Crippen LogP contribution in [0.15, 0.2) is 29.2 Å². The lowest BCUT2D eigenvalue weighted by atomic mass is 9.92. The highest BCUT2D eigenvalue weighted by Crippen LogP contribution is 2.19. The van der Waals surface area contributed by atoms with Gasteiger partial charge in [-0.05, 0) is 56.8 Å². The van der Waals surface area contributed by atoms with E-state index in [9.17, 15) is 4.79 Å². The molecule has 4 nitrogen and oxygen atoms in total. The minimum absolute atomic E-state index is 0.0576. The van der Waals surface area contributed by atoms with Crippen molar-refractivity contribution in [3.05, 3.63) is 45.5 Å². The van der Waals surface area contributed by atoms with E-state index in [0.29, 0.717) is 10.7 Å². The third kappa shape index (κ3) is 2.86. The smallest absolute Gasteiger partial charge is 0.258 e.